The molecule has 0 radical (unpaired) electrons. The molecule has 0 bridgehead atoms. The first-order chi connectivity index (χ1) is 8.86. The molecule has 1 unspecified atom stereocenters. The lowest BCUT2D eigenvalue weighted by Crippen LogP contribution is -2.45. The summed E-state index contributed by atoms with van der Waals surface area (Å²) in [6.07, 6.45) is 0. The van der Waals surface area contributed by atoms with Gasteiger partial charge in [-0.25, -0.2) is 4.79 Å². The van der Waals surface area contributed by atoms with Crippen molar-refractivity contribution < 1.29 is 14.3 Å². The van der Waals surface area contributed by atoms with Crippen LogP contribution in [0, 0.1) is 19.8 Å². The zero-order valence-electron chi connectivity index (χ0n) is 11.9. The Morgan fingerprint density at radius 2 is 1.89 bits per heavy atom. The first-order valence-corrected chi connectivity index (χ1v) is 6.06. The smallest absolute Gasteiger partial charge is 0.328 e. The van der Waals surface area contributed by atoms with Crippen LogP contribution in [0.15, 0.2) is 6.07 Å². The molecule has 0 aliphatic heterocycles. The molecule has 0 aliphatic rings. The highest BCUT2D eigenvalue weighted by molar-refractivity contribution is 5.97. The molecule has 0 spiro atoms. The van der Waals surface area contributed by atoms with Gasteiger partial charge in [-0.3, -0.25) is 4.79 Å². The number of hydrogen-bond acceptors (Lipinski definition) is 5. The van der Waals surface area contributed by atoms with Gasteiger partial charge >= 0.3 is 5.97 Å². The monoisotopic (exact) mass is 265 g/mol. The zero-order chi connectivity index (χ0) is 14.6. The van der Waals surface area contributed by atoms with Crippen LogP contribution in [0.2, 0.25) is 0 Å². The fourth-order valence-electron chi connectivity index (χ4n) is 1.62. The number of aromatic nitrogens is 2. The molecule has 1 aromatic rings. The Bertz CT molecular complexity index is 486. The first-order valence-electron chi connectivity index (χ1n) is 6.06. The molecular formula is C13H19N3O3. The minimum absolute atomic E-state index is 0.0624. The fraction of sp³-hybridized carbons (Fsp3) is 0.538. The number of amides is 1. The highest BCUT2D eigenvalue weighted by Gasteiger charge is 2.26. The molecule has 19 heavy (non-hydrogen) atoms. The van der Waals surface area contributed by atoms with Crippen LogP contribution in [-0.2, 0) is 9.53 Å². The van der Waals surface area contributed by atoms with Crippen LogP contribution >= 0.6 is 0 Å². The molecule has 0 saturated carbocycles. The van der Waals surface area contributed by atoms with E-state index in [0.717, 1.165) is 0 Å². The summed E-state index contributed by atoms with van der Waals surface area (Å²) >= 11 is 0. The van der Waals surface area contributed by atoms with E-state index in [1.165, 1.54) is 7.11 Å². The maximum Gasteiger partial charge on any atom is 0.328 e. The van der Waals surface area contributed by atoms with Gasteiger partial charge in [-0.05, 0) is 25.8 Å². The van der Waals surface area contributed by atoms with Gasteiger partial charge in [0.2, 0.25) is 0 Å². The molecule has 1 aromatic heterocycles. The number of ether oxygens (including phenoxy) is 1. The predicted octanol–water partition coefficient (Wildman–Crippen LogP) is 1.02. The van der Waals surface area contributed by atoms with E-state index in [0.29, 0.717) is 17.0 Å². The van der Waals surface area contributed by atoms with E-state index in [9.17, 15) is 9.59 Å². The van der Waals surface area contributed by atoms with Crippen molar-refractivity contribution in [3.8, 4) is 0 Å². The molecule has 1 atom stereocenters. The molecule has 6 heteroatoms. The summed E-state index contributed by atoms with van der Waals surface area (Å²) < 4.78 is 4.68. The van der Waals surface area contributed by atoms with Crippen LogP contribution < -0.4 is 5.32 Å². The number of nitrogens with one attached hydrogen (secondary N) is 1. The molecule has 104 valence electrons. The summed E-state index contributed by atoms with van der Waals surface area (Å²) in [6, 6.07) is 0.970. The van der Waals surface area contributed by atoms with Crippen LogP contribution in [-0.4, -0.2) is 35.2 Å². The second kappa shape index (κ2) is 6.26. The molecule has 1 N–H and O–H groups in total. The molecule has 6 nitrogen and oxygen atoms in total. The van der Waals surface area contributed by atoms with Crippen molar-refractivity contribution in [2.75, 3.05) is 7.11 Å². The van der Waals surface area contributed by atoms with E-state index >= 15 is 0 Å². The zero-order valence-corrected chi connectivity index (χ0v) is 11.9. The Balaban J connectivity index is 2.94. The lowest BCUT2D eigenvalue weighted by Gasteiger charge is -2.20. The largest absolute Gasteiger partial charge is 0.467 e. The standard InChI is InChI=1S/C13H19N3O3/c1-7(2)11(13(18)19-5)14-12(17)10-6-8(3)15-16-9(10)4/h6-7,11H,1-5H3,(H,14,17). The van der Waals surface area contributed by atoms with Gasteiger partial charge in [0.25, 0.3) is 5.91 Å². The highest BCUT2D eigenvalue weighted by Crippen LogP contribution is 2.09. The first kappa shape index (κ1) is 15.1. The minimum Gasteiger partial charge on any atom is -0.467 e. The van der Waals surface area contributed by atoms with Crippen molar-refractivity contribution in [2.45, 2.75) is 33.7 Å². The maximum absolute atomic E-state index is 12.2. The van der Waals surface area contributed by atoms with E-state index < -0.39 is 12.0 Å². The van der Waals surface area contributed by atoms with Crippen molar-refractivity contribution >= 4 is 11.9 Å². The molecule has 0 fully saturated rings. The Labute approximate surface area is 112 Å². The van der Waals surface area contributed by atoms with E-state index in [4.69, 9.17) is 0 Å². The summed E-state index contributed by atoms with van der Waals surface area (Å²) in [6.45, 7) is 7.13. The topological polar surface area (TPSA) is 81.2 Å². The van der Waals surface area contributed by atoms with Gasteiger partial charge in [-0.1, -0.05) is 13.8 Å². The third kappa shape index (κ3) is 3.74. The number of hydrogen-bond donors (Lipinski definition) is 1. The van der Waals surface area contributed by atoms with Crippen LogP contribution in [0.25, 0.3) is 0 Å². The lowest BCUT2D eigenvalue weighted by atomic mass is 10.0. The number of methoxy groups -OCH3 is 1. The van der Waals surface area contributed by atoms with Crippen molar-refractivity contribution in [1.29, 1.82) is 0 Å². The fourth-order valence-corrected chi connectivity index (χ4v) is 1.62. The van der Waals surface area contributed by atoms with Crippen molar-refractivity contribution in [2.24, 2.45) is 5.92 Å². The summed E-state index contributed by atoms with van der Waals surface area (Å²) in [7, 11) is 1.30. The molecular weight excluding hydrogens is 246 g/mol. The summed E-state index contributed by atoms with van der Waals surface area (Å²) in [5.74, 6) is -0.869. The van der Waals surface area contributed by atoms with Crippen molar-refractivity contribution in [3.63, 3.8) is 0 Å². The predicted molar refractivity (Wildman–Crippen MR) is 69.6 cm³/mol. The van der Waals surface area contributed by atoms with Crippen LogP contribution in [0.4, 0.5) is 0 Å². The van der Waals surface area contributed by atoms with Gasteiger partial charge in [0.15, 0.2) is 0 Å². The quantitative estimate of drug-likeness (QED) is 0.822. The van der Waals surface area contributed by atoms with E-state index in [1.54, 1.807) is 19.9 Å². The normalized spacial score (nSPS) is 12.1. The molecule has 1 heterocycles. The highest BCUT2D eigenvalue weighted by atomic mass is 16.5. The average molecular weight is 265 g/mol. The second-order valence-electron chi connectivity index (χ2n) is 4.70. The number of nitrogens with zero attached hydrogens (tertiary/aromatic N) is 2. The lowest BCUT2D eigenvalue weighted by molar-refractivity contribution is -0.144. The second-order valence-corrected chi connectivity index (χ2v) is 4.70. The average Bonchev–Trinajstić information content (AvgIpc) is 2.37. The third-order valence-electron chi connectivity index (χ3n) is 2.75. The third-order valence-corrected chi connectivity index (χ3v) is 2.75. The van der Waals surface area contributed by atoms with Gasteiger partial charge < -0.3 is 10.1 Å². The van der Waals surface area contributed by atoms with Gasteiger partial charge in [0.1, 0.15) is 6.04 Å². The van der Waals surface area contributed by atoms with Gasteiger partial charge in [0, 0.05) is 0 Å². The van der Waals surface area contributed by atoms with Gasteiger partial charge in [-0.15, -0.1) is 0 Å². The van der Waals surface area contributed by atoms with Gasteiger partial charge in [-0.2, -0.15) is 10.2 Å². The Morgan fingerprint density at radius 3 is 2.42 bits per heavy atom. The Kier molecular flexibility index (Phi) is 4.97. The van der Waals surface area contributed by atoms with E-state index in [-0.39, 0.29) is 11.8 Å². The number of carbonyl (C=O) groups excluding carboxylic acids is 2. The summed E-state index contributed by atoms with van der Waals surface area (Å²) in [4.78, 5) is 23.8. The van der Waals surface area contributed by atoms with Crippen molar-refractivity contribution in [3.05, 3.63) is 23.0 Å². The van der Waals surface area contributed by atoms with Crippen molar-refractivity contribution in [1.82, 2.24) is 15.5 Å². The summed E-state index contributed by atoms with van der Waals surface area (Å²) in [5.41, 5.74) is 1.59. The van der Waals surface area contributed by atoms with Crippen LogP contribution in [0.5, 0.6) is 0 Å². The number of rotatable bonds is 4. The SMILES string of the molecule is COC(=O)C(NC(=O)c1cc(C)nnc1C)C(C)C. The minimum atomic E-state index is -0.676. The van der Waals surface area contributed by atoms with Gasteiger partial charge in [0.05, 0.1) is 24.1 Å². The van der Waals surface area contributed by atoms with Crippen LogP contribution in [0.1, 0.15) is 35.6 Å². The molecule has 0 saturated heterocycles. The summed E-state index contributed by atoms with van der Waals surface area (Å²) in [5, 5.41) is 10.4. The van der Waals surface area contributed by atoms with E-state index in [2.05, 4.69) is 20.3 Å². The molecule has 1 amide bonds. The number of aryl methyl sites for hydroxylation is 2. The molecule has 0 aromatic carbocycles. The Morgan fingerprint density at radius 1 is 1.26 bits per heavy atom. The number of carbonyl (C=O) groups is 2. The van der Waals surface area contributed by atoms with E-state index in [1.807, 2.05) is 13.8 Å². The van der Waals surface area contributed by atoms with Crippen LogP contribution in [0.3, 0.4) is 0 Å². The molecule has 0 aliphatic carbocycles. The molecule has 1 rings (SSSR count). The number of esters is 1. The Hall–Kier alpha value is -1.98. The maximum atomic E-state index is 12.2.